The minimum atomic E-state index is -0.429. The van der Waals surface area contributed by atoms with Crippen molar-refractivity contribution in [2.24, 2.45) is 11.8 Å². The van der Waals surface area contributed by atoms with E-state index in [1.165, 1.54) is 17.7 Å². The number of piperidine rings is 1. The first-order chi connectivity index (χ1) is 19.4. The van der Waals surface area contributed by atoms with Gasteiger partial charge in [0.25, 0.3) is 0 Å². The molecule has 0 radical (unpaired) electrons. The molecule has 1 saturated carbocycles. The second-order valence-electron chi connectivity index (χ2n) is 12.0. The molecule has 6 heteroatoms. The molecular formula is C34H38FNO4. The van der Waals surface area contributed by atoms with E-state index in [9.17, 15) is 9.18 Å². The average molecular weight is 544 g/mol. The number of carbonyl (C=O) groups excluding carboxylic acids is 1. The zero-order valence-corrected chi connectivity index (χ0v) is 23.4. The van der Waals surface area contributed by atoms with Gasteiger partial charge >= 0.3 is 0 Å². The number of carbonyl (C=O) groups is 1. The first-order valence-corrected chi connectivity index (χ1v) is 14.6. The molecule has 0 bridgehead atoms. The highest BCUT2D eigenvalue weighted by Crippen LogP contribution is 2.47. The van der Waals surface area contributed by atoms with Gasteiger partial charge in [0.1, 0.15) is 11.6 Å². The zero-order valence-electron chi connectivity index (χ0n) is 23.4. The molecule has 3 aromatic carbocycles. The molecule has 0 spiro atoms. The maximum Gasteiger partial charge on any atom is 0.233 e. The molecule has 3 aromatic rings. The molecule has 6 rings (SSSR count). The van der Waals surface area contributed by atoms with Crippen LogP contribution in [0, 0.1) is 17.7 Å². The fourth-order valence-electron chi connectivity index (χ4n) is 6.59. The minimum absolute atomic E-state index is 0.0686. The summed E-state index contributed by atoms with van der Waals surface area (Å²) < 4.78 is 30.9. The van der Waals surface area contributed by atoms with Gasteiger partial charge in [-0.1, -0.05) is 56.7 Å². The molecule has 2 fully saturated rings. The van der Waals surface area contributed by atoms with E-state index >= 15 is 0 Å². The first-order valence-electron chi connectivity index (χ1n) is 14.6. The van der Waals surface area contributed by atoms with Crippen LogP contribution in [0.25, 0.3) is 0 Å². The molecule has 5 nitrogen and oxygen atoms in total. The van der Waals surface area contributed by atoms with Gasteiger partial charge in [0.15, 0.2) is 11.5 Å². The summed E-state index contributed by atoms with van der Waals surface area (Å²) in [6.07, 6.45) is 4.72. The Bertz CT molecular complexity index is 1330. The molecule has 1 aliphatic carbocycles. The van der Waals surface area contributed by atoms with Crippen LogP contribution in [0.5, 0.6) is 17.2 Å². The summed E-state index contributed by atoms with van der Waals surface area (Å²) in [4.78, 5) is 16.3. The summed E-state index contributed by atoms with van der Waals surface area (Å²) in [5.41, 5.74) is 3.13. The van der Waals surface area contributed by atoms with Gasteiger partial charge in [0, 0.05) is 25.1 Å². The van der Waals surface area contributed by atoms with Gasteiger partial charge in [-0.05, 0) is 78.5 Å². The lowest BCUT2D eigenvalue weighted by atomic mass is 9.63. The lowest BCUT2D eigenvalue weighted by Gasteiger charge is -2.47. The summed E-state index contributed by atoms with van der Waals surface area (Å²) in [6.45, 7) is 6.42. The van der Waals surface area contributed by atoms with Crippen LogP contribution in [0.4, 0.5) is 4.39 Å². The molecule has 0 aromatic heterocycles. The number of amides is 1. The molecule has 1 saturated heterocycles. The lowest BCUT2D eigenvalue weighted by Crippen LogP contribution is -2.55. The summed E-state index contributed by atoms with van der Waals surface area (Å²) in [5.74, 6) is 2.95. The van der Waals surface area contributed by atoms with Crippen molar-refractivity contribution in [3.8, 4) is 17.2 Å². The van der Waals surface area contributed by atoms with E-state index in [2.05, 4.69) is 43.0 Å². The van der Waals surface area contributed by atoms with Crippen molar-refractivity contribution >= 4 is 5.91 Å². The van der Waals surface area contributed by atoms with Gasteiger partial charge < -0.3 is 19.1 Å². The van der Waals surface area contributed by atoms with Crippen molar-refractivity contribution < 1.29 is 23.4 Å². The Morgan fingerprint density at radius 3 is 2.48 bits per heavy atom. The maximum absolute atomic E-state index is 14.2. The van der Waals surface area contributed by atoms with E-state index in [0.717, 1.165) is 43.2 Å². The third kappa shape index (κ3) is 5.28. The van der Waals surface area contributed by atoms with Crippen molar-refractivity contribution in [2.45, 2.75) is 57.3 Å². The highest BCUT2D eigenvalue weighted by atomic mass is 19.1. The van der Waals surface area contributed by atoms with Crippen LogP contribution in [0.3, 0.4) is 0 Å². The van der Waals surface area contributed by atoms with Crippen molar-refractivity contribution in [2.75, 3.05) is 26.5 Å². The Kier molecular flexibility index (Phi) is 7.43. The Balaban J connectivity index is 1.21. The van der Waals surface area contributed by atoms with E-state index in [4.69, 9.17) is 14.2 Å². The predicted octanol–water partition coefficient (Wildman–Crippen LogP) is 6.89. The smallest absolute Gasteiger partial charge is 0.233 e. The fraction of sp³-hybridized carbons (Fsp3) is 0.441. The molecule has 0 N–H and O–H groups in total. The van der Waals surface area contributed by atoms with Gasteiger partial charge in [0.05, 0.1) is 12.0 Å². The van der Waals surface area contributed by atoms with Gasteiger partial charge in [0.2, 0.25) is 12.7 Å². The number of ether oxygens (including phenoxy) is 3. The molecule has 2 heterocycles. The summed E-state index contributed by atoms with van der Waals surface area (Å²) in [6, 6.07) is 21.2. The SMILES string of the molecule is CC(C)Cc1ccc(C2(C(=O)N3CCC(c4ccc(F)cc4)C(COc4ccc5c(c4)OCO5)C3)CCC2)cc1. The van der Waals surface area contributed by atoms with Crippen LogP contribution in [0.1, 0.15) is 62.1 Å². The van der Waals surface area contributed by atoms with Gasteiger partial charge in [-0.2, -0.15) is 0 Å². The number of nitrogens with zero attached hydrogens (tertiary/aromatic N) is 1. The number of hydrogen-bond acceptors (Lipinski definition) is 4. The van der Waals surface area contributed by atoms with Gasteiger partial charge in [-0.3, -0.25) is 4.79 Å². The van der Waals surface area contributed by atoms with E-state index < -0.39 is 5.41 Å². The standard InChI is InChI=1S/C34H38FNO4/c1-23(2)18-24-4-8-27(9-5-24)34(15-3-16-34)33(37)36-17-14-30(25-6-10-28(35)11-7-25)26(20-36)21-38-29-12-13-31-32(19-29)40-22-39-31/h4-13,19,23,26,30H,3,14-18,20-22H2,1-2H3. The largest absolute Gasteiger partial charge is 0.493 e. The van der Waals surface area contributed by atoms with Crippen molar-refractivity contribution in [3.63, 3.8) is 0 Å². The zero-order chi connectivity index (χ0) is 27.7. The quantitative estimate of drug-likeness (QED) is 0.311. The van der Waals surface area contributed by atoms with E-state index in [-0.39, 0.29) is 30.4 Å². The van der Waals surface area contributed by atoms with Crippen LogP contribution in [0.2, 0.25) is 0 Å². The number of halogens is 1. The van der Waals surface area contributed by atoms with E-state index in [1.54, 1.807) is 0 Å². The molecule has 40 heavy (non-hydrogen) atoms. The molecule has 210 valence electrons. The molecule has 3 aliphatic rings. The molecule has 2 atom stereocenters. The van der Waals surface area contributed by atoms with E-state index in [0.29, 0.717) is 42.9 Å². The van der Waals surface area contributed by atoms with Gasteiger partial charge in [-0.15, -0.1) is 0 Å². The number of fused-ring (bicyclic) bond motifs is 1. The maximum atomic E-state index is 14.2. The summed E-state index contributed by atoms with van der Waals surface area (Å²) in [7, 11) is 0. The number of benzene rings is 3. The van der Waals surface area contributed by atoms with Crippen LogP contribution >= 0.6 is 0 Å². The number of rotatable bonds is 8. The first kappa shape index (κ1) is 26.7. The Morgan fingerprint density at radius 2 is 1.77 bits per heavy atom. The summed E-state index contributed by atoms with van der Waals surface area (Å²) >= 11 is 0. The third-order valence-corrected chi connectivity index (χ3v) is 8.89. The fourth-order valence-corrected chi connectivity index (χ4v) is 6.59. The average Bonchev–Trinajstić information content (AvgIpc) is 3.40. The number of likely N-dealkylation sites (tertiary alicyclic amines) is 1. The highest BCUT2D eigenvalue weighted by molar-refractivity contribution is 5.89. The highest BCUT2D eigenvalue weighted by Gasteiger charge is 2.49. The Hall–Kier alpha value is -3.54. The lowest BCUT2D eigenvalue weighted by molar-refractivity contribution is -0.143. The third-order valence-electron chi connectivity index (χ3n) is 8.89. The second kappa shape index (κ2) is 11.1. The van der Waals surface area contributed by atoms with Gasteiger partial charge in [-0.25, -0.2) is 4.39 Å². The molecule has 1 amide bonds. The van der Waals surface area contributed by atoms with Crippen molar-refractivity contribution in [3.05, 3.63) is 89.2 Å². The Morgan fingerprint density at radius 1 is 1.02 bits per heavy atom. The normalized spacial score (nSPS) is 21.2. The predicted molar refractivity (Wildman–Crippen MR) is 152 cm³/mol. The number of hydrogen-bond donors (Lipinski definition) is 0. The Labute approximate surface area is 236 Å². The molecule has 2 aliphatic heterocycles. The molecule has 2 unspecified atom stereocenters. The van der Waals surface area contributed by atoms with Crippen LogP contribution in [0.15, 0.2) is 66.7 Å². The van der Waals surface area contributed by atoms with Crippen LogP contribution in [-0.2, 0) is 16.6 Å². The molecular weight excluding hydrogens is 505 g/mol. The van der Waals surface area contributed by atoms with Crippen LogP contribution < -0.4 is 14.2 Å². The van der Waals surface area contributed by atoms with E-state index in [1.807, 2.05) is 30.3 Å². The van der Waals surface area contributed by atoms with Crippen LogP contribution in [-0.4, -0.2) is 37.3 Å². The van der Waals surface area contributed by atoms with Crippen molar-refractivity contribution in [1.29, 1.82) is 0 Å². The monoisotopic (exact) mass is 543 g/mol. The summed E-state index contributed by atoms with van der Waals surface area (Å²) in [5, 5.41) is 0. The minimum Gasteiger partial charge on any atom is -0.493 e. The topological polar surface area (TPSA) is 48.0 Å². The van der Waals surface area contributed by atoms with Crippen molar-refractivity contribution in [1.82, 2.24) is 4.90 Å². The second-order valence-corrected chi connectivity index (χ2v) is 12.0.